The van der Waals surface area contributed by atoms with Gasteiger partial charge in [0.15, 0.2) is 0 Å². The summed E-state index contributed by atoms with van der Waals surface area (Å²) in [5.74, 6) is 0. The van der Waals surface area contributed by atoms with Gasteiger partial charge in [-0.1, -0.05) is 77.0 Å². The van der Waals surface area contributed by atoms with E-state index in [1.54, 1.807) is 0 Å². The number of hydrogen-bond acceptors (Lipinski definition) is 0. The summed E-state index contributed by atoms with van der Waals surface area (Å²) >= 11 is 0. The highest BCUT2D eigenvalue weighted by Gasteiger charge is 2.23. The van der Waals surface area contributed by atoms with Crippen molar-refractivity contribution in [2.45, 2.75) is 47.0 Å². The van der Waals surface area contributed by atoms with Crippen molar-refractivity contribution < 1.29 is 4.58 Å². The fourth-order valence-corrected chi connectivity index (χ4v) is 2.39. The van der Waals surface area contributed by atoms with E-state index >= 15 is 0 Å². The molecule has 1 heterocycles. The van der Waals surface area contributed by atoms with E-state index in [4.69, 9.17) is 0 Å². The lowest BCUT2D eigenvalue weighted by Gasteiger charge is -2.29. The van der Waals surface area contributed by atoms with E-state index < -0.39 is 0 Å². The molecule has 1 aromatic rings. The van der Waals surface area contributed by atoms with E-state index in [2.05, 4.69) is 90.9 Å². The van der Waals surface area contributed by atoms with Gasteiger partial charge in [0.25, 0.3) is 0 Å². The average Bonchev–Trinajstić information content (AvgIpc) is 2.37. The van der Waals surface area contributed by atoms with Crippen LogP contribution in [0, 0.1) is 11.5 Å². The SMILES string of the molecule is C=[N+]1C=CC(C(C)(C)C)=C[C-]1c1cccc(C(C)(C)C)c1. The molecule has 0 saturated heterocycles. The Morgan fingerprint density at radius 3 is 2.24 bits per heavy atom. The van der Waals surface area contributed by atoms with Crippen LogP contribution in [0.5, 0.6) is 0 Å². The van der Waals surface area contributed by atoms with E-state index in [-0.39, 0.29) is 10.8 Å². The topological polar surface area (TPSA) is 3.01 Å². The fraction of sp³-hybridized carbons (Fsp3) is 0.400. The molecule has 0 atom stereocenters. The summed E-state index contributed by atoms with van der Waals surface area (Å²) in [5.41, 5.74) is 4.21. The molecule has 0 amide bonds. The Labute approximate surface area is 129 Å². The molecule has 0 N–H and O–H groups in total. The first-order valence-electron chi connectivity index (χ1n) is 7.57. The highest BCUT2D eigenvalue weighted by Crippen LogP contribution is 2.34. The monoisotopic (exact) mass is 281 g/mol. The van der Waals surface area contributed by atoms with Crippen LogP contribution in [-0.2, 0) is 5.41 Å². The number of benzene rings is 1. The van der Waals surface area contributed by atoms with Crippen molar-refractivity contribution in [3.8, 4) is 0 Å². The van der Waals surface area contributed by atoms with Crippen molar-refractivity contribution in [3.63, 3.8) is 0 Å². The molecule has 1 aromatic carbocycles. The standard InChI is InChI=1S/C20H27N/c1-19(2,3)16-10-8-9-15(13-16)18-14-17(20(4,5)6)11-12-21(18)7/h8-14H,7H2,1-6H3. The van der Waals surface area contributed by atoms with Gasteiger partial charge in [-0.05, 0) is 22.5 Å². The second-order valence-electron chi connectivity index (χ2n) is 7.85. The van der Waals surface area contributed by atoms with Gasteiger partial charge in [0.05, 0.1) is 6.72 Å². The largest absolute Gasteiger partial charge is 0.255 e. The second-order valence-corrected chi connectivity index (χ2v) is 7.85. The molecular formula is C20H27N. The van der Waals surface area contributed by atoms with Gasteiger partial charge in [0.2, 0.25) is 0 Å². The van der Waals surface area contributed by atoms with Crippen LogP contribution in [0.4, 0.5) is 0 Å². The van der Waals surface area contributed by atoms with Gasteiger partial charge in [0.1, 0.15) is 12.2 Å². The van der Waals surface area contributed by atoms with Crippen molar-refractivity contribution >= 4 is 6.72 Å². The quantitative estimate of drug-likeness (QED) is 0.499. The first kappa shape index (κ1) is 15.6. The minimum Gasteiger partial charge on any atom is -0.255 e. The van der Waals surface area contributed by atoms with Crippen LogP contribution in [0.15, 0.2) is 48.2 Å². The Hall–Kier alpha value is -1.76. The van der Waals surface area contributed by atoms with Crippen molar-refractivity contribution in [1.82, 2.24) is 0 Å². The maximum absolute atomic E-state index is 4.13. The average molecular weight is 281 g/mol. The number of nitrogens with zero attached hydrogens (tertiary/aromatic N) is 1. The van der Waals surface area contributed by atoms with E-state index in [1.165, 1.54) is 16.7 Å². The van der Waals surface area contributed by atoms with Gasteiger partial charge in [0, 0.05) is 0 Å². The first-order chi connectivity index (χ1) is 9.59. The maximum Gasteiger partial charge on any atom is 0.147 e. The van der Waals surface area contributed by atoms with Gasteiger partial charge >= 0.3 is 0 Å². The van der Waals surface area contributed by atoms with Crippen molar-refractivity contribution in [2.75, 3.05) is 0 Å². The van der Waals surface area contributed by atoms with Gasteiger partial charge in [-0.15, -0.1) is 6.07 Å². The lowest BCUT2D eigenvalue weighted by Crippen LogP contribution is -2.20. The Balaban J connectivity index is 2.44. The van der Waals surface area contributed by atoms with E-state index in [1.807, 2.05) is 4.58 Å². The summed E-state index contributed by atoms with van der Waals surface area (Å²) in [4.78, 5) is 0. The molecule has 0 fully saturated rings. The van der Waals surface area contributed by atoms with Gasteiger partial charge in [-0.2, -0.15) is 0 Å². The van der Waals surface area contributed by atoms with Gasteiger partial charge in [-0.25, -0.2) is 0 Å². The lowest BCUT2D eigenvalue weighted by atomic mass is 9.82. The second kappa shape index (κ2) is 5.22. The van der Waals surface area contributed by atoms with Crippen LogP contribution in [0.2, 0.25) is 0 Å². The van der Waals surface area contributed by atoms with Crippen molar-refractivity contribution in [1.29, 1.82) is 0 Å². The predicted molar refractivity (Wildman–Crippen MR) is 91.5 cm³/mol. The molecule has 1 aliphatic heterocycles. The van der Waals surface area contributed by atoms with E-state index in [0.29, 0.717) is 0 Å². The highest BCUT2D eigenvalue weighted by atomic mass is 15.0. The van der Waals surface area contributed by atoms with Crippen molar-refractivity contribution in [3.05, 3.63) is 65.4 Å². The zero-order valence-corrected chi connectivity index (χ0v) is 14.2. The zero-order chi connectivity index (χ0) is 15.8. The van der Waals surface area contributed by atoms with Crippen LogP contribution >= 0.6 is 0 Å². The highest BCUT2D eigenvalue weighted by molar-refractivity contribution is 5.44. The fourth-order valence-electron chi connectivity index (χ4n) is 2.39. The number of rotatable bonds is 1. The normalized spacial score (nSPS) is 16.2. The summed E-state index contributed by atoms with van der Waals surface area (Å²) < 4.78 is 1.96. The maximum atomic E-state index is 4.13. The molecule has 0 aromatic heterocycles. The molecule has 1 heteroatoms. The van der Waals surface area contributed by atoms with Crippen LogP contribution in [-0.4, -0.2) is 11.3 Å². The molecule has 2 rings (SSSR count). The molecule has 0 bridgehead atoms. The molecule has 0 saturated carbocycles. The minimum absolute atomic E-state index is 0.143. The van der Waals surface area contributed by atoms with Crippen LogP contribution in [0.3, 0.4) is 0 Å². The third-order valence-electron chi connectivity index (χ3n) is 3.93. The third kappa shape index (κ3) is 3.47. The Bertz CT molecular complexity index is 603. The van der Waals surface area contributed by atoms with Gasteiger partial charge < -0.3 is 0 Å². The Morgan fingerprint density at radius 1 is 1.00 bits per heavy atom. The molecule has 0 unspecified atom stereocenters. The number of hydrogen-bond donors (Lipinski definition) is 0. The molecule has 21 heavy (non-hydrogen) atoms. The summed E-state index contributed by atoms with van der Waals surface area (Å²) in [6, 6.07) is 9.94. The zero-order valence-electron chi connectivity index (χ0n) is 14.2. The summed E-state index contributed by atoms with van der Waals surface area (Å²) in [6.07, 6.45) is 6.47. The summed E-state index contributed by atoms with van der Waals surface area (Å²) in [7, 11) is 0. The first-order valence-corrected chi connectivity index (χ1v) is 7.57. The predicted octanol–water partition coefficient (Wildman–Crippen LogP) is 5.08. The summed E-state index contributed by atoms with van der Waals surface area (Å²) in [6.45, 7) is 17.6. The van der Waals surface area contributed by atoms with Crippen LogP contribution in [0.1, 0.15) is 52.7 Å². The van der Waals surface area contributed by atoms with E-state index in [9.17, 15) is 0 Å². The lowest BCUT2D eigenvalue weighted by molar-refractivity contribution is -0.418. The summed E-state index contributed by atoms with van der Waals surface area (Å²) in [5, 5.41) is 0. The molecule has 0 aliphatic carbocycles. The van der Waals surface area contributed by atoms with Crippen molar-refractivity contribution in [2.24, 2.45) is 5.41 Å². The molecule has 0 spiro atoms. The molecular weight excluding hydrogens is 254 g/mol. The number of allylic oxidation sites excluding steroid dienone is 2. The van der Waals surface area contributed by atoms with Crippen LogP contribution < -0.4 is 0 Å². The van der Waals surface area contributed by atoms with E-state index in [0.717, 1.165) is 6.04 Å². The third-order valence-corrected chi connectivity index (χ3v) is 3.93. The smallest absolute Gasteiger partial charge is 0.147 e. The minimum atomic E-state index is 0.143. The molecule has 1 aliphatic rings. The molecule has 0 radical (unpaired) electrons. The molecule has 1 nitrogen and oxygen atoms in total. The Kier molecular flexibility index (Phi) is 3.88. The van der Waals surface area contributed by atoms with Gasteiger partial charge in [-0.3, -0.25) is 4.58 Å². The Morgan fingerprint density at radius 2 is 1.67 bits per heavy atom. The van der Waals surface area contributed by atoms with Crippen LogP contribution in [0.25, 0.3) is 0 Å². The molecule has 112 valence electrons.